The van der Waals surface area contributed by atoms with Crippen LogP contribution in [0.2, 0.25) is 0 Å². The Labute approximate surface area is 255 Å². The van der Waals surface area contributed by atoms with Gasteiger partial charge in [-0.05, 0) is 54.8 Å². The molecule has 2 aliphatic rings. The molecule has 0 saturated carbocycles. The zero-order valence-corrected chi connectivity index (χ0v) is 24.3. The summed E-state index contributed by atoms with van der Waals surface area (Å²) in [5.74, 6) is -2.26. The van der Waals surface area contributed by atoms with Crippen LogP contribution in [-0.4, -0.2) is 44.1 Å². The summed E-state index contributed by atoms with van der Waals surface area (Å²) in [6, 6.07) is 11.8. The lowest BCUT2D eigenvalue weighted by Crippen LogP contribution is -2.46. The maximum absolute atomic E-state index is 13.8. The zero-order chi connectivity index (χ0) is 32.0. The number of hydrogen-bond acceptors (Lipinski definition) is 10. The van der Waals surface area contributed by atoms with E-state index in [4.69, 9.17) is 24.3 Å². The van der Waals surface area contributed by atoms with Gasteiger partial charge in [-0.25, -0.2) is 14.6 Å². The van der Waals surface area contributed by atoms with Crippen molar-refractivity contribution in [1.82, 2.24) is 9.55 Å². The molecule has 2 aromatic heterocycles. The van der Waals surface area contributed by atoms with Gasteiger partial charge in [0.15, 0.2) is 5.60 Å². The number of carboxylic acid groups (broad SMARTS) is 1. The van der Waals surface area contributed by atoms with Gasteiger partial charge in [0.05, 0.1) is 52.5 Å². The van der Waals surface area contributed by atoms with Gasteiger partial charge in [-0.1, -0.05) is 13.8 Å². The predicted octanol–water partition coefficient (Wildman–Crippen LogP) is 4.27. The van der Waals surface area contributed by atoms with E-state index in [1.807, 2.05) is 6.92 Å². The number of nitro benzene ring substituents is 1. The predicted molar refractivity (Wildman–Crippen MR) is 158 cm³/mol. The van der Waals surface area contributed by atoms with Gasteiger partial charge in [0.25, 0.3) is 11.2 Å². The second-order valence-corrected chi connectivity index (χ2v) is 10.7. The highest BCUT2D eigenvalue weighted by atomic mass is 16.6. The molecule has 45 heavy (non-hydrogen) atoms. The van der Waals surface area contributed by atoms with Crippen molar-refractivity contribution in [1.29, 1.82) is 0 Å². The molecule has 0 aliphatic carbocycles. The van der Waals surface area contributed by atoms with Gasteiger partial charge in [-0.2, -0.15) is 0 Å². The summed E-state index contributed by atoms with van der Waals surface area (Å²) >= 11 is 0. The molecule has 6 rings (SSSR count). The van der Waals surface area contributed by atoms with Crippen molar-refractivity contribution in [3.8, 4) is 17.1 Å². The molecule has 13 nitrogen and oxygen atoms in total. The van der Waals surface area contributed by atoms with E-state index >= 15 is 0 Å². The van der Waals surface area contributed by atoms with E-state index in [1.54, 1.807) is 35.8 Å². The molecule has 1 atom stereocenters. The number of cyclic esters (lactones) is 1. The molecule has 0 radical (unpaired) electrons. The molecule has 230 valence electrons. The number of nitrogens with zero attached hydrogens (tertiary/aromatic N) is 3. The fourth-order valence-electron chi connectivity index (χ4n) is 6.03. The number of aliphatic carboxylic acids is 1. The number of fused-ring (bicyclic) bond motifs is 5. The van der Waals surface area contributed by atoms with Gasteiger partial charge in [0, 0.05) is 28.6 Å². The van der Waals surface area contributed by atoms with Crippen LogP contribution in [0.4, 0.5) is 5.69 Å². The minimum atomic E-state index is -1.64. The number of aryl methyl sites for hydroxylation is 1. The highest BCUT2D eigenvalue weighted by molar-refractivity contribution is 5.98. The van der Waals surface area contributed by atoms with Gasteiger partial charge in [-0.15, -0.1) is 0 Å². The topological polar surface area (TPSA) is 177 Å². The Morgan fingerprint density at radius 2 is 1.87 bits per heavy atom. The Morgan fingerprint density at radius 3 is 2.53 bits per heavy atom. The highest BCUT2D eigenvalue weighted by Crippen LogP contribution is 2.42. The molecule has 4 aromatic rings. The highest BCUT2D eigenvalue weighted by Gasteiger charge is 2.48. The van der Waals surface area contributed by atoms with E-state index in [2.05, 4.69) is 0 Å². The van der Waals surface area contributed by atoms with E-state index in [0.717, 1.165) is 11.1 Å². The summed E-state index contributed by atoms with van der Waals surface area (Å²) in [7, 11) is 0. The molecule has 0 saturated heterocycles. The standard InChI is InChI=1S/C32H27N3O10/c1-3-20-21-13-17(30(39)45-19-8-6-18(7-9-19)35(41)42)5-10-25(21)33-28-22(20)15-34-26(28)14-24-23(29(34)38)16-43-31(40)32(24,4-2)44-12-11-27(36)37/h5-10,13-14H,3-4,11-12,15-16H2,1-2H3,(H,36,37)/t32-/m0/s1. The molecule has 1 N–H and O–H groups in total. The molecule has 4 heterocycles. The van der Waals surface area contributed by atoms with Crippen molar-refractivity contribution < 1.29 is 38.6 Å². The summed E-state index contributed by atoms with van der Waals surface area (Å²) in [5.41, 5.74) is 2.07. The smallest absolute Gasteiger partial charge is 0.343 e. The van der Waals surface area contributed by atoms with Crippen molar-refractivity contribution in [3.05, 3.63) is 96.8 Å². The van der Waals surface area contributed by atoms with E-state index in [1.165, 1.54) is 24.3 Å². The lowest BCUT2D eigenvalue weighted by molar-refractivity contribution is -0.384. The number of non-ortho nitro benzene ring substituents is 1. The van der Waals surface area contributed by atoms with Gasteiger partial charge in [0.2, 0.25) is 0 Å². The molecule has 0 amide bonds. The number of pyridine rings is 2. The van der Waals surface area contributed by atoms with Crippen LogP contribution in [0.25, 0.3) is 22.3 Å². The van der Waals surface area contributed by atoms with E-state index in [-0.39, 0.29) is 60.7 Å². The van der Waals surface area contributed by atoms with Gasteiger partial charge >= 0.3 is 17.9 Å². The molecule has 0 spiro atoms. The second-order valence-electron chi connectivity index (χ2n) is 10.7. The Morgan fingerprint density at radius 1 is 1.11 bits per heavy atom. The summed E-state index contributed by atoms with van der Waals surface area (Å²) in [5, 5.41) is 20.7. The van der Waals surface area contributed by atoms with Crippen molar-refractivity contribution in [3.63, 3.8) is 0 Å². The minimum absolute atomic E-state index is 0.123. The lowest BCUT2D eigenvalue weighted by atomic mass is 9.85. The maximum Gasteiger partial charge on any atom is 0.343 e. The van der Waals surface area contributed by atoms with Gasteiger partial charge < -0.3 is 23.9 Å². The first-order valence-electron chi connectivity index (χ1n) is 14.3. The second kappa shape index (κ2) is 11.2. The van der Waals surface area contributed by atoms with Crippen LogP contribution < -0.4 is 10.3 Å². The average molecular weight is 614 g/mol. The number of benzene rings is 2. The van der Waals surface area contributed by atoms with Crippen molar-refractivity contribution >= 4 is 34.5 Å². The van der Waals surface area contributed by atoms with Crippen LogP contribution in [0.5, 0.6) is 5.75 Å². The number of esters is 2. The summed E-state index contributed by atoms with van der Waals surface area (Å²) < 4.78 is 18.3. The summed E-state index contributed by atoms with van der Waals surface area (Å²) in [6.45, 7) is 3.40. The summed E-state index contributed by atoms with van der Waals surface area (Å²) in [6.07, 6.45) is 0.357. The van der Waals surface area contributed by atoms with Crippen LogP contribution in [0.15, 0.2) is 53.3 Å². The number of carboxylic acids is 1. The lowest BCUT2D eigenvalue weighted by Gasteiger charge is -2.36. The van der Waals surface area contributed by atoms with Crippen molar-refractivity contribution in [2.24, 2.45) is 0 Å². The average Bonchev–Trinajstić information content (AvgIpc) is 3.39. The number of rotatable bonds is 9. The Kier molecular flexibility index (Phi) is 7.41. The molecule has 0 bridgehead atoms. The third kappa shape index (κ3) is 4.90. The summed E-state index contributed by atoms with van der Waals surface area (Å²) in [4.78, 5) is 66.3. The van der Waals surface area contributed by atoms with E-state index in [0.29, 0.717) is 34.3 Å². The van der Waals surface area contributed by atoms with E-state index in [9.17, 15) is 29.3 Å². The third-order valence-corrected chi connectivity index (χ3v) is 8.29. The third-order valence-electron chi connectivity index (χ3n) is 8.29. The first kappa shape index (κ1) is 29.6. The first-order chi connectivity index (χ1) is 21.6. The number of carbonyl (C=O) groups excluding carboxylic acids is 2. The number of nitro groups is 1. The number of ether oxygens (including phenoxy) is 3. The zero-order valence-electron chi connectivity index (χ0n) is 24.3. The Balaban J connectivity index is 1.41. The van der Waals surface area contributed by atoms with Crippen LogP contribution in [0, 0.1) is 10.1 Å². The monoisotopic (exact) mass is 613 g/mol. The van der Waals surface area contributed by atoms with Crippen molar-refractivity contribution in [2.45, 2.75) is 51.9 Å². The fourth-order valence-corrected chi connectivity index (χ4v) is 6.03. The number of carbonyl (C=O) groups is 3. The van der Waals surface area contributed by atoms with Crippen LogP contribution in [0.3, 0.4) is 0 Å². The quantitative estimate of drug-likeness (QED) is 0.109. The van der Waals surface area contributed by atoms with Gasteiger partial charge in [-0.3, -0.25) is 19.7 Å². The van der Waals surface area contributed by atoms with Crippen LogP contribution >= 0.6 is 0 Å². The molecule has 0 fully saturated rings. The van der Waals surface area contributed by atoms with E-state index < -0.39 is 28.4 Å². The molecule has 2 aromatic carbocycles. The van der Waals surface area contributed by atoms with Gasteiger partial charge in [0.1, 0.15) is 12.4 Å². The number of hydrogen-bond donors (Lipinski definition) is 1. The molecule has 2 aliphatic heterocycles. The number of aromatic nitrogens is 2. The Bertz CT molecular complexity index is 1980. The normalized spacial score (nSPS) is 16.4. The van der Waals surface area contributed by atoms with Crippen LogP contribution in [0.1, 0.15) is 59.3 Å². The molecular formula is C32H27N3O10. The SMILES string of the molecule is CCc1c2c(nc3ccc(C(=O)Oc4ccc([N+](=O)[O-])cc4)cc13)-c1cc3c(c(=O)n1C2)COC(=O)[C@@]3(CC)OCCC(=O)O. The van der Waals surface area contributed by atoms with Crippen LogP contribution in [-0.2, 0) is 44.2 Å². The molecule has 0 unspecified atom stereocenters. The minimum Gasteiger partial charge on any atom is -0.481 e. The fraction of sp³-hybridized carbons (Fsp3) is 0.281. The molecule has 13 heteroatoms. The Hall–Kier alpha value is -5.43. The largest absolute Gasteiger partial charge is 0.481 e. The molecular weight excluding hydrogens is 586 g/mol. The maximum atomic E-state index is 13.8. The van der Waals surface area contributed by atoms with Crippen molar-refractivity contribution in [2.75, 3.05) is 6.61 Å². The first-order valence-corrected chi connectivity index (χ1v) is 14.3.